The van der Waals surface area contributed by atoms with Gasteiger partial charge in [-0.2, -0.15) is 0 Å². The third-order valence-corrected chi connectivity index (χ3v) is 3.95. The number of hydrogen-bond acceptors (Lipinski definition) is 6. The van der Waals surface area contributed by atoms with Gasteiger partial charge in [-0.25, -0.2) is 4.99 Å². The number of benzene rings is 1. The minimum atomic E-state index is -0.0537. The molecule has 2 aliphatic heterocycles. The standard InChI is InChI=1S/C17H14N4O2/c22-13-5-1-4-12-16(13)20-15(21-8-7-19-17(12)21)9-14(23)11-3-2-6-18-10-11/h1-6,10,22H,7-9H2. The van der Waals surface area contributed by atoms with Crippen LogP contribution in [0.15, 0.2) is 52.7 Å². The lowest BCUT2D eigenvalue weighted by Gasteiger charge is -2.27. The van der Waals surface area contributed by atoms with E-state index in [-0.39, 0.29) is 18.0 Å². The molecule has 2 aliphatic rings. The number of aromatic nitrogens is 1. The van der Waals surface area contributed by atoms with Crippen molar-refractivity contribution in [2.75, 3.05) is 13.1 Å². The zero-order chi connectivity index (χ0) is 15.8. The molecule has 0 atom stereocenters. The summed E-state index contributed by atoms with van der Waals surface area (Å²) < 4.78 is 0. The van der Waals surface area contributed by atoms with E-state index in [1.165, 1.54) is 0 Å². The Kier molecular flexibility index (Phi) is 3.15. The Labute approximate surface area is 132 Å². The van der Waals surface area contributed by atoms with Crippen LogP contribution in [0.4, 0.5) is 5.69 Å². The first-order valence-electron chi connectivity index (χ1n) is 7.39. The molecule has 23 heavy (non-hydrogen) atoms. The maximum Gasteiger partial charge on any atom is 0.171 e. The van der Waals surface area contributed by atoms with E-state index in [1.54, 1.807) is 36.7 Å². The average Bonchev–Trinajstić information content (AvgIpc) is 3.07. The largest absolute Gasteiger partial charge is 0.506 e. The predicted octanol–water partition coefficient (Wildman–Crippen LogP) is 2.17. The van der Waals surface area contributed by atoms with Crippen LogP contribution in [0.5, 0.6) is 5.75 Å². The molecule has 3 heterocycles. The van der Waals surface area contributed by atoms with E-state index < -0.39 is 0 Å². The molecule has 6 nitrogen and oxygen atoms in total. The molecule has 1 aromatic heterocycles. The lowest BCUT2D eigenvalue weighted by Crippen LogP contribution is -2.38. The van der Waals surface area contributed by atoms with Crippen LogP contribution in [0.2, 0.25) is 0 Å². The van der Waals surface area contributed by atoms with Crippen LogP contribution in [-0.2, 0) is 0 Å². The van der Waals surface area contributed by atoms with Gasteiger partial charge in [0.05, 0.1) is 13.0 Å². The number of aromatic hydroxyl groups is 1. The molecule has 0 saturated carbocycles. The fourth-order valence-electron chi connectivity index (χ4n) is 2.86. The Morgan fingerprint density at radius 2 is 2.17 bits per heavy atom. The molecule has 1 aromatic carbocycles. The molecule has 0 unspecified atom stereocenters. The number of phenolic OH excluding ortho intramolecular Hbond substituents is 1. The Morgan fingerprint density at radius 3 is 3.00 bits per heavy atom. The zero-order valence-electron chi connectivity index (χ0n) is 12.3. The number of para-hydroxylation sites is 1. The average molecular weight is 306 g/mol. The molecule has 0 aliphatic carbocycles. The fraction of sp³-hybridized carbons (Fsp3) is 0.176. The van der Waals surface area contributed by atoms with Crippen LogP contribution >= 0.6 is 0 Å². The number of fused-ring (bicyclic) bond motifs is 3. The van der Waals surface area contributed by atoms with Crippen LogP contribution in [0, 0.1) is 0 Å². The third-order valence-electron chi connectivity index (χ3n) is 3.95. The van der Waals surface area contributed by atoms with Crippen molar-refractivity contribution in [3.05, 3.63) is 53.9 Å². The van der Waals surface area contributed by atoms with E-state index in [0.717, 1.165) is 11.4 Å². The zero-order valence-corrected chi connectivity index (χ0v) is 12.3. The first kappa shape index (κ1) is 13.6. The highest BCUT2D eigenvalue weighted by Gasteiger charge is 2.31. The highest BCUT2D eigenvalue weighted by Crippen LogP contribution is 2.36. The van der Waals surface area contributed by atoms with Gasteiger partial charge in [-0.3, -0.25) is 14.8 Å². The quantitative estimate of drug-likeness (QED) is 0.882. The lowest BCUT2D eigenvalue weighted by atomic mass is 10.1. The summed E-state index contributed by atoms with van der Waals surface area (Å²) in [6.07, 6.45) is 3.34. The van der Waals surface area contributed by atoms with Gasteiger partial charge >= 0.3 is 0 Å². The SMILES string of the molecule is O=C(CC1=Nc2c(O)cccc2C2=NCCN12)c1cccnc1. The summed E-state index contributed by atoms with van der Waals surface area (Å²) in [5.41, 5.74) is 1.84. The molecule has 4 rings (SSSR count). The Hall–Kier alpha value is -3.02. The van der Waals surface area contributed by atoms with Crippen LogP contribution < -0.4 is 0 Å². The number of carbonyl (C=O) groups excluding carboxylic acids is 1. The summed E-state index contributed by atoms with van der Waals surface area (Å²) in [7, 11) is 0. The number of amidine groups is 2. The molecular weight excluding hydrogens is 292 g/mol. The van der Waals surface area contributed by atoms with Crippen molar-refractivity contribution < 1.29 is 9.90 Å². The molecule has 0 amide bonds. The number of Topliss-reactive ketones (excluding diaryl/α,β-unsaturated/α-hetero) is 1. The normalized spacial score (nSPS) is 15.6. The Morgan fingerprint density at radius 1 is 1.26 bits per heavy atom. The molecule has 6 heteroatoms. The van der Waals surface area contributed by atoms with Crippen LogP contribution in [0.1, 0.15) is 22.3 Å². The second-order valence-corrected chi connectivity index (χ2v) is 5.40. The van der Waals surface area contributed by atoms with E-state index in [4.69, 9.17) is 0 Å². The second kappa shape index (κ2) is 5.31. The highest BCUT2D eigenvalue weighted by molar-refractivity contribution is 6.21. The molecule has 114 valence electrons. The van der Waals surface area contributed by atoms with Gasteiger partial charge in [0.1, 0.15) is 23.1 Å². The van der Waals surface area contributed by atoms with E-state index >= 15 is 0 Å². The fourth-order valence-corrected chi connectivity index (χ4v) is 2.86. The smallest absolute Gasteiger partial charge is 0.171 e. The van der Waals surface area contributed by atoms with Gasteiger partial charge in [-0.05, 0) is 24.3 Å². The first-order valence-corrected chi connectivity index (χ1v) is 7.39. The van der Waals surface area contributed by atoms with Gasteiger partial charge < -0.3 is 10.0 Å². The van der Waals surface area contributed by atoms with Crippen molar-refractivity contribution >= 4 is 23.1 Å². The summed E-state index contributed by atoms with van der Waals surface area (Å²) >= 11 is 0. The Bertz CT molecular complexity index is 843. The monoisotopic (exact) mass is 306 g/mol. The maximum atomic E-state index is 12.4. The molecule has 0 radical (unpaired) electrons. The van der Waals surface area contributed by atoms with Crippen molar-refractivity contribution in [1.82, 2.24) is 9.88 Å². The second-order valence-electron chi connectivity index (χ2n) is 5.40. The number of carbonyl (C=O) groups is 1. The van der Waals surface area contributed by atoms with Gasteiger partial charge in [0.15, 0.2) is 5.78 Å². The van der Waals surface area contributed by atoms with Crippen molar-refractivity contribution in [3.63, 3.8) is 0 Å². The highest BCUT2D eigenvalue weighted by atomic mass is 16.3. The number of pyridine rings is 1. The number of hydrogen-bond donors (Lipinski definition) is 1. The van der Waals surface area contributed by atoms with E-state index in [9.17, 15) is 9.90 Å². The van der Waals surface area contributed by atoms with Gasteiger partial charge in [-0.1, -0.05) is 6.07 Å². The molecule has 0 fully saturated rings. The summed E-state index contributed by atoms with van der Waals surface area (Å²) in [6, 6.07) is 8.72. The van der Waals surface area contributed by atoms with E-state index in [1.807, 2.05) is 11.0 Å². The number of rotatable bonds is 3. The number of phenols is 1. The van der Waals surface area contributed by atoms with Gasteiger partial charge in [0.2, 0.25) is 0 Å². The molecule has 0 bridgehead atoms. The number of ketones is 1. The van der Waals surface area contributed by atoms with Crippen LogP contribution in [0.25, 0.3) is 0 Å². The Balaban J connectivity index is 1.73. The van der Waals surface area contributed by atoms with E-state index in [2.05, 4.69) is 15.0 Å². The summed E-state index contributed by atoms with van der Waals surface area (Å²) in [5, 5.41) is 10.1. The van der Waals surface area contributed by atoms with Gasteiger partial charge in [0.25, 0.3) is 0 Å². The minimum Gasteiger partial charge on any atom is -0.506 e. The van der Waals surface area contributed by atoms with Gasteiger partial charge in [0, 0.05) is 30.1 Å². The van der Waals surface area contributed by atoms with Crippen molar-refractivity contribution in [1.29, 1.82) is 0 Å². The minimum absolute atomic E-state index is 0.0537. The predicted molar refractivity (Wildman–Crippen MR) is 86.5 cm³/mol. The van der Waals surface area contributed by atoms with Crippen LogP contribution in [0.3, 0.4) is 0 Å². The molecular formula is C17H14N4O2. The molecule has 1 N–H and O–H groups in total. The molecule has 0 saturated heterocycles. The third kappa shape index (κ3) is 2.28. The summed E-state index contributed by atoms with van der Waals surface area (Å²) in [6.45, 7) is 1.36. The molecule has 0 spiro atoms. The van der Waals surface area contributed by atoms with Crippen LogP contribution in [-0.4, -0.2) is 45.5 Å². The first-order chi connectivity index (χ1) is 11.2. The number of aliphatic imine (C=N–C) groups is 2. The lowest BCUT2D eigenvalue weighted by molar-refractivity contribution is 0.0998. The summed E-state index contributed by atoms with van der Waals surface area (Å²) in [4.78, 5) is 27.4. The van der Waals surface area contributed by atoms with Crippen molar-refractivity contribution in [3.8, 4) is 5.75 Å². The number of nitrogens with zero attached hydrogens (tertiary/aromatic N) is 4. The van der Waals surface area contributed by atoms with Crippen molar-refractivity contribution in [2.24, 2.45) is 9.98 Å². The van der Waals surface area contributed by atoms with E-state index in [0.29, 0.717) is 30.2 Å². The van der Waals surface area contributed by atoms with Gasteiger partial charge in [-0.15, -0.1) is 0 Å². The maximum absolute atomic E-state index is 12.4. The molecule has 2 aromatic rings. The summed E-state index contributed by atoms with van der Waals surface area (Å²) in [5.74, 6) is 1.44. The van der Waals surface area contributed by atoms with Crippen molar-refractivity contribution in [2.45, 2.75) is 6.42 Å². The topological polar surface area (TPSA) is 78.1 Å².